The first-order valence-electron chi connectivity index (χ1n) is 7.66. The van der Waals surface area contributed by atoms with E-state index in [-0.39, 0.29) is 0 Å². The van der Waals surface area contributed by atoms with Gasteiger partial charge in [0.25, 0.3) is 0 Å². The molecule has 21 heavy (non-hydrogen) atoms. The predicted octanol–water partition coefficient (Wildman–Crippen LogP) is 5.50. The normalized spacial score (nSPS) is 11.1. The van der Waals surface area contributed by atoms with Crippen molar-refractivity contribution in [3.63, 3.8) is 0 Å². The van der Waals surface area contributed by atoms with Crippen LogP contribution in [0.3, 0.4) is 0 Å². The summed E-state index contributed by atoms with van der Waals surface area (Å²) in [4.78, 5) is 5.86. The molecule has 1 aromatic carbocycles. The van der Waals surface area contributed by atoms with Crippen LogP contribution < -0.4 is 4.74 Å². The molecule has 0 N–H and O–H groups in total. The second-order valence-corrected chi connectivity index (χ2v) is 6.04. The standard InChI is InChI=1S/C18H23NOS/c1-3-5-6-7-13-20-16-11-9-15(10-12-16)18-19-14-17(21-18)8-4-2/h5-6,9-12,14H,3-4,7-8,13H2,1-2H3/b6-5-. The average molecular weight is 301 g/mol. The Morgan fingerprint density at radius 2 is 1.95 bits per heavy atom. The third kappa shape index (κ3) is 5.01. The molecule has 112 valence electrons. The van der Waals surface area contributed by atoms with E-state index in [9.17, 15) is 0 Å². The summed E-state index contributed by atoms with van der Waals surface area (Å²) in [5, 5.41) is 1.09. The lowest BCUT2D eigenvalue weighted by Gasteiger charge is -2.05. The summed E-state index contributed by atoms with van der Waals surface area (Å²) >= 11 is 1.78. The van der Waals surface area contributed by atoms with E-state index in [0.717, 1.165) is 36.6 Å². The zero-order chi connectivity index (χ0) is 14.9. The molecule has 2 rings (SSSR count). The summed E-state index contributed by atoms with van der Waals surface area (Å²) in [7, 11) is 0. The van der Waals surface area contributed by atoms with E-state index in [1.54, 1.807) is 11.3 Å². The molecule has 0 saturated heterocycles. The molecule has 0 atom stereocenters. The van der Waals surface area contributed by atoms with Crippen molar-refractivity contribution in [3.05, 3.63) is 47.5 Å². The van der Waals surface area contributed by atoms with Gasteiger partial charge in [0.2, 0.25) is 0 Å². The SMILES string of the molecule is CC/C=C\CCOc1ccc(-c2ncc(CCC)s2)cc1. The van der Waals surface area contributed by atoms with Crippen LogP contribution in [0.1, 0.15) is 38.0 Å². The molecule has 0 amide bonds. The molecular formula is C18H23NOS. The van der Waals surface area contributed by atoms with E-state index < -0.39 is 0 Å². The van der Waals surface area contributed by atoms with Crippen molar-refractivity contribution in [2.45, 2.75) is 39.5 Å². The highest BCUT2D eigenvalue weighted by atomic mass is 32.1. The van der Waals surface area contributed by atoms with E-state index >= 15 is 0 Å². The van der Waals surface area contributed by atoms with Gasteiger partial charge in [0.15, 0.2) is 0 Å². The maximum absolute atomic E-state index is 5.72. The van der Waals surface area contributed by atoms with Gasteiger partial charge in [0.05, 0.1) is 6.61 Å². The molecule has 0 fully saturated rings. The summed E-state index contributed by atoms with van der Waals surface area (Å²) in [5.41, 5.74) is 1.17. The molecule has 1 aromatic heterocycles. The van der Waals surface area contributed by atoms with Gasteiger partial charge >= 0.3 is 0 Å². The maximum Gasteiger partial charge on any atom is 0.123 e. The number of thiazole rings is 1. The lowest BCUT2D eigenvalue weighted by molar-refractivity contribution is 0.325. The molecule has 0 bridgehead atoms. The molecule has 0 radical (unpaired) electrons. The van der Waals surface area contributed by atoms with Crippen molar-refractivity contribution in [2.24, 2.45) is 0 Å². The largest absolute Gasteiger partial charge is 0.493 e. The quantitative estimate of drug-likeness (QED) is 0.474. The van der Waals surface area contributed by atoms with Gasteiger partial charge in [-0.05, 0) is 43.5 Å². The lowest BCUT2D eigenvalue weighted by atomic mass is 10.2. The Morgan fingerprint density at radius 3 is 2.67 bits per heavy atom. The minimum atomic E-state index is 0.730. The summed E-state index contributed by atoms with van der Waals surface area (Å²) in [5.74, 6) is 0.925. The van der Waals surface area contributed by atoms with Crippen molar-refractivity contribution in [1.82, 2.24) is 4.98 Å². The van der Waals surface area contributed by atoms with Crippen LogP contribution >= 0.6 is 11.3 Å². The highest BCUT2D eigenvalue weighted by Crippen LogP contribution is 2.27. The van der Waals surface area contributed by atoms with Crippen LogP contribution in [0.15, 0.2) is 42.6 Å². The Labute approximate surface area is 131 Å². The average Bonchev–Trinajstić information content (AvgIpc) is 2.97. The van der Waals surface area contributed by atoms with Gasteiger partial charge in [-0.25, -0.2) is 4.98 Å². The predicted molar refractivity (Wildman–Crippen MR) is 91.1 cm³/mol. The Balaban J connectivity index is 1.90. The van der Waals surface area contributed by atoms with Gasteiger partial charge in [-0.3, -0.25) is 0 Å². The van der Waals surface area contributed by atoms with Crippen LogP contribution in [-0.4, -0.2) is 11.6 Å². The number of aryl methyl sites for hydroxylation is 1. The summed E-state index contributed by atoms with van der Waals surface area (Å²) in [6.45, 7) is 5.07. The van der Waals surface area contributed by atoms with Crippen LogP contribution in [0.25, 0.3) is 10.6 Å². The van der Waals surface area contributed by atoms with Crippen molar-refractivity contribution in [3.8, 4) is 16.3 Å². The van der Waals surface area contributed by atoms with E-state index in [2.05, 4.69) is 43.1 Å². The van der Waals surface area contributed by atoms with Gasteiger partial charge in [0, 0.05) is 16.6 Å². The lowest BCUT2D eigenvalue weighted by Crippen LogP contribution is -1.95. The monoisotopic (exact) mass is 301 g/mol. The summed E-state index contributed by atoms with van der Waals surface area (Å²) < 4.78 is 5.72. The Kier molecular flexibility index (Phi) is 6.48. The van der Waals surface area contributed by atoms with Crippen molar-refractivity contribution >= 4 is 11.3 Å². The van der Waals surface area contributed by atoms with Gasteiger partial charge < -0.3 is 4.74 Å². The fourth-order valence-electron chi connectivity index (χ4n) is 2.03. The minimum absolute atomic E-state index is 0.730. The second-order valence-electron chi connectivity index (χ2n) is 4.92. The minimum Gasteiger partial charge on any atom is -0.493 e. The first-order chi connectivity index (χ1) is 10.3. The molecule has 0 aliphatic rings. The molecule has 3 heteroatoms. The van der Waals surface area contributed by atoms with Crippen LogP contribution in [0.2, 0.25) is 0 Å². The van der Waals surface area contributed by atoms with Crippen molar-refractivity contribution < 1.29 is 4.74 Å². The summed E-state index contributed by atoms with van der Waals surface area (Å²) in [6.07, 6.45) is 10.7. The van der Waals surface area contributed by atoms with Crippen molar-refractivity contribution in [2.75, 3.05) is 6.61 Å². The first-order valence-corrected chi connectivity index (χ1v) is 8.48. The highest BCUT2D eigenvalue weighted by molar-refractivity contribution is 7.15. The molecule has 0 aliphatic carbocycles. The van der Waals surface area contributed by atoms with E-state index in [0.29, 0.717) is 0 Å². The third-order valence-electron chi connectivity index (χ3n) is 3.11. The van der Waals surface area contributed by atoms with E-state index in [4.69, 9.17) is 4.74 Å². The number of rotatable bonds is 8. The zero-order valence-electron chi connectivity index (χ0n) is 12.8. The number of hydrogen-bond donors (Lipinski definition) is 0. The van der Waals surface area contributed by atoms with E-state index in [1.807, 2.05) is 18.3 Å². The van der Waals surface area contributed by atoms with Crippen LogP contribution in [-0.2, 0) is 6.42 Å². The number of benzene rings is 1. The number of allylic oxidation sites excluding steroid dienone is 1. The van der Waals surface area contributed by atoms with Crippen molar-refractivity contribution in [1.29, 1.82) is 0 Å². The Morgan fingerprint density at radius 1 is 1.14 bits per heavy atom. The van der Waals surface area contributed by atoms with Crippen LogP contribution in [0.4, 0.5) is 0 Å². The molecule has 2 nitrogen and oxygen atoms in total. The topological polar surface area (TPSA) is 22.1 Å². The molecule has 0 spiro atoms. The fraction of sp³-hybridized carbons (Fsp3) is 0.389. The van der Waals surface area contributed by atoms with Gasteiger partial charge in [-0.2, -0.15) is 0 Å². The zero-order valence-corrected chi connectivity index (χ0v) is 13.7. The smallest absolute Gasteiger partial charge is 0.123 e. The Hall–Kier alpha value is -1.61. The molecule has 1 heterocycles. The van der Waals surface area contributed by atoms with Gasteiger partial charge in [0.1, 0.15) is 10.8 Å². The fourth-order valence-corrected chi connectivity index (χ4v) is 3.05. The van der Waals surface area contributed by atoms with Gasteiger partial charge in [-0.15, -0.1) is 11.3 Å². The summed E-state index contributed by atoms with van der Waals surface area (Å²) in [6, 6.07) is 8.23. The number of aromatic nitrogens is 1. The molecule has 0 aliphatic heterocycles. The van der Waals surface area contributed by atoms with Crippen LogP contribution in [0, 0.1) is 0 Å². The molecule has 0 unspecified atom stereocenters. The first kappa shape index (κ1) is 15.8. The van der Waals surface area contributed by atoms with E-state index in [1.165, 1.54) is 16.9 Å². The third-order valence-corrected chi connectivity index (χ3v) is 4.21. The highest BCUT2D eigenvalue weighted by Gasteiger charge is 2.04. The Bertz CT molecular complexity index is 557. The van der Waals surface area contributed by atoms with Crippen LogP contribution in [0.5, 0.6) is 5.75 Å². The maximum atomic E-state index is 5.72. The number of ether oxygens (including phenoxy) is 1. The molecule has 2 aromatic rings. The molecule has 0 saturated carbocycles. The second kappa shape index (κ2) is 8.63. The van der Waals surface area contributed by atoms with Gasteiger partial charge in [-0.1, -0.05) is 32.4 Å². The number of nitrogens with zero attached hydrogens (tertiary/aromatic N) is 1. The number of hydrogen-bond acceptors (Lipinski definition) is 3. The molecular weight excluding hydrogens is 278 g/mol.